The van der Waals surface area contributed by atoms with Gasteiger partial charge < -0.3 is 5.73 Å². The zero-order valence-corrected chi connectivity index (χ0v) is 15.4. The molecular weight excluding hydrogens is 332 g/mol. The van der Waals surface area contributed by atoms with Gasteiger partial charge in [0, 0.05) is 12.6 Å². The van der Waals surface area contributed by atoms with Gasteiger partial charge in [0.15, 0.2) is 5.54 Å². The maximum atomic E-state index is 13.2. The van der Waals surface area contributed by atoms with Crippen LogP contribution in [-0.2, 0) is 23.3 Å². The van der Waals surface area contributed by atoms with Gasteiger partial charge in [0.1, 0.15) is 0 Å². The molecule has 0 aliphatic carbocycles. The zero-order valence-electron chi connectivity index (χ0n) is 15.4. The Morgan fingerprint density at radius 1 is 1.04 bits per heavy atom. The van der Waals surface area contributed by atoms with E-state index in [1.165, 1.54) is 16.7 Å². The molecule has 27 heavy (non-hydrogen) atoms. The summed E-state index contributed by atoms with van der Waals surface area (Å²) in [5.41, 5.74) is 12.2. The molecule has 2 unspecified atom stereocenters. The molecule has 2 atom stereocenters. The lowest BCUT2D eigenvalue weighted by Gasteiger charge is -2.44. The zero-order chi connectivity index (χ0) is 18.6. The topological polar surface area (TPSA) is 46.3 Å². The first kappa shape index (κ1) is 16.3. The SMILES string of the molecule is Cc1ccc2c(c1)C1(C(N)=O)c3ccccc3C(C2)N1Cc1ccccc1. The summed E-state index contributed by atoms with van der Waals surface area (Å²) >= 11 is 0. The standard InChI is InChI=1S/C24H22N2O/c1-16-11-12-18-14-22-19-9-5-6-10-20(19)24(23(25)27,21(18)13-16)26(22)15-17-7-3-2-4-8-17/h2-13,22H,14-15H2,1H3,(H2,25,27). The number of hydrogen-bond donors (Lipinski definition) is 1. The number of fused-ring (bicyclic) bond motifs is 7. The van der Waals surface area contributed by atoms with Crippen molar-refractivity contribution in [1.82, 2.24) is 4.90 Å². The van der Waals surface area contributed by atoms with E-state index in [1.807, 2.05) is 24.3 Å². The predicted molar refractivity (Wildman–Crippen MR) is 106 cm³/mol. The van der Waals surface area contributed by atoms with E-state index in [0.29, 0.717) is 6.54 Å². The van der Waals surface area contributed by atoms with E-state index in [0.717, 1.165) is 23.1 Å². The molecule has 2 heterocycles. The van der Waals surface area contributed by atoms with E-state index in [1.54, 1.807) is 0 Å². The van der Waals surface area contributed by atoms with Crippen LogP contribution >= 0.6 is 0 Å². The van der Waals surface area contributed by atoms with Gasteiger partial charge in [0.2, 0.25) is 5.91 Å². The number of primary amides is 1. The number of amides is 1. The van der Waals surface area contributed by atoms with Gasteiger partial charge in [-0.3, -0.25) is 9.69 Å². The van der Waals surface area contributed by atoms with Crippen molar-refractivity contribution < 1.29 is 4.79 Å². The molecule has 2 aliphatic rings. The molecule has 5 rings (SSSR count). The fraction of sp³-hybridized carbons (Fsp3) is 0.208. The average Bonchev–Trinajstić information content (AvgIpc) is 2.87. The van der Waals surface area contributed by atoms with Crippen LogP contribution in [0.25, 0.3) is 0 Å². The van der Waals surface area contributed by atoms with Crippen LogP contribution < -0.4 is 5.73 Å². The molecule has 1 amide bonds. The first-order valence-electron chi connectivity index (χ1n) is 9.42. The van der Waals surface area contributed by atoms with Gasteiger partial charge in [0.25, 0.3) is 0 Å². The number of hydrogen-bond acceptors (Lipinski definition) is 2. The van der Waals surface area contributed by atoms with Crippen LogP contribution in [0.2, 0.25) is 0 Å². The molecule has 2 bridgehead atoms. The van der Waals surface area contributed by atoms with E-state index >= 15 is 0 Å². The molecule has 3 heteroatoms. The predicted octanol–water partition coefficient (Wildman–Crippen LogP) is 3.84. The number of benzene rings is 3. The molecule has 0 saturated heterocycles. The van der Waals surface area contributed by atoms with Gasteiger partial charge in [-0.05, 0) is 41.2 Å². The van der Waals surface area contributed by atoms with E-state index < -0.39 is 5.54 Å². The number of carbonyl (C=O) groups excluding carboxylic acids is 1. The second-order valence-electron chi connectivity index (χ2n) is 7.66. The first-order valence-corrected chi connectivity index (χ1v) is 9.42. The molecule has 0 saturated carbocycles. The van der Waals surface area contributed by atoms with Crippen molar-refractivity contribution in [2.45, 2.75) is 31.5 Å². The van der Waals surface area contributed by atoms with E-state index in [-0.39, 0.29) is 11.9 Å². The van der Waals surface area contributed by atoms with Crippen LogP contribution in [-0.4, -0.2) is 10.8 Å². The van der Waals surface area contributed by atoms with E-state index in [4.69, 9.17) is 5.73 Å². The normalized spacial score (nSPS) is 22.9. The van der Waals surface area contributed by atoms with Gasteiger partial charge >= 0.3 is 0 Å². The van der Waals surface area contributed by atoms with Crippen molar-refractivity contribution in [2.24, 2.45) is 5.73 Å². The maximum absolute atomic E-state index is 13.2. The van der Waals surface area contributed by atoms with Crippen molar-refractivity contribution in [3.05, 3.63) is 106 Å². The largest absolute Gasteiger partial charge is 0.367 e. The lowest BCUT2D eigenvalue weighted by atomic mass is 9.77. The third kappa shape index (κ3) is 2.15. The summed E-state index contributed by atoms with van der Waals surface area (Å²) in [4.78, 5) is 15.5. The Balaban J connectivity index is 1.79. The molecule has 0 radical (unpaired) electrons. The number of aryl methyl sites for hydroxylation is 1. The van der Waals surface area contributed by atoms with Crippen LogP contribution in [0.1, 0.15) is 39.4 Å². The van der Waals surface area contributed by atoms with Crippen LogP contribution in [0.3, 0.4) is 0 Å². The molecular formula is C24H22N2O. The van der Waals surface area contributed by atoms with E-state index in [2.05, 4.69) is 60.4 Å². The Morgan fingerprint density at radius 2 is 1.78 bits per heavy atom. The molecule has 0 fully saturated rings. The van der Waals surface area contributed by atoms with Crippen LogP contribution in [0.4, 0.5) is 0 Å². The van der Waals surface area contributed by atoms with Gasteiger partial charge in [-0.25, -0.2) is 0 Å². The quantitative estimate of drug-likeness (QED) is 0.777. The molecule has 2 N–H and O–H groups in total. The average molecular weight is 354 g/mol. The van der Waals surface area contributed by atoms with Crippen molar-refractivity contribution >= 4 is 5.91 Å². The fourth-order valence-corrected chi connectivity index (χ4v) is 5.02. The summed E-state index contributed by atoms with van der Waals surface area (Å²) in [6.45, 7) is 2.76. The number of carbonyl (C=O) groups is 1. The van der Waals surface area contributed by atoms with Crippen molar-refractivity contribution in [1.29, 1.82) is 0 Å². The monoisotopic (exact) mass is 354 g/mol. The maximum Gasteiger partial charge on any atom is 0.247 e. The molecule has 134 valence electrons. The Kier molecular flexibility index (Phi) is 3.49. The van der Waals surface area contributed by atoms with Crippen LogP contribution in [0, 0.1) is 6.92 Å². The Labute approximate surface area is 159 Å². The molecule has 3 aromatic carbocycles. The first-order chi connectivity index (χ1) is 13.1. The lowest BCUT2D eigenvalue weighted by molar-refractivity contribution is -0.130. The summed E-state index contributed by atoms with van der Waals surface area (Å²) in [5, 5.41) is 0. The number of nitrogens with zero attached hydrogens (tertiary/aromatic N) is 1. The fourth-order valence-electron chi connectivity index (χ4n) is 5.02. The minimum Gasteiger partial charge on any atom is -0.367 e. The van der Waals surface area contributed by atoms with Crippen molar-refractivity contribution in [3.8, 4) is 0 Å². The third-order valence-electron chi connectivity index (χ3n) is 6.14. The molecule has 2 aliphatic heterocycles. The highest BCUT2D eigenvalue weighted by molar-refractivity contribution is 5.93. The van der Waals surface area contributed by atoms with Crippen LogP contribution in [0.5, 0.6) is 0 Å². The van der Waals surface area contributed by atoms with Gasteiger partial charge in [-0.1, -0.05) is 78.4 Å². The minimum absolute atomic E-state index is 0.157. The summed E-state index contributed by atoms with van der Waals surface area (Å²) in [7, 11) is 0. The Bertz CT molecular complexity index is 1040. The van der Waals surface area contributed by atoms with Gasteiger partial charge in [0.05, 0.1) is 0 Å². The second-order valence-corrected chi connectivity index (χ2v) is 7.66. The molecule has 3 nitrogen and oxygen atoms in total. The van der Waals surface area contributed by atoms with Crippen molar-refractivity contribution in [3.63, 3.8) is 0 Å². The number of nitrogens with two attached hydrogens (primary N) is 1. The number of rotatable bonds is 3. The van der Waals surface area contributed by atoms with Gasteiger partial charge in [-0.2, -0.15) is 0 Å². The summed E-state index contributed by atoms with van der Waals surface area (Å²) in [5.74, 6) is -0.292. The summed E-state index contributed by atoms with van der Waals surface area (Å²) in [6, 6.07) is 25.3. The Morgan fingerprint density at radius 3 is 2.56 bits per heavy atom. The van der Waals surface area contributed by atoms with Crippen LogP contribution in [0.15, 0.2) is 72.8 Å². The second kappa shape index (κ2) is 5.80. The van der Waals surface area contributed by atoms with Crippen molar-refractivity contribution in [2.75, 3.05) is 0 Å². The third-order valence-corrected chi connectivity index (χ3v) is 6.14. The lowest BCUT2D eigenvalue weighted by Crippen LogP contribution is -2.55. The Hall–Kier alpha value is -2.91. The highest BCUT2D eigenvalue weighted by Crippen LogP contribution is 2.56. The molecule has 3 aromatic rings. The smallest absolute Gasteiger partial charge is 0.247 e. The van der Waals surface area contributed by atoms with E-state index in [9.17, 15) is 4.79 Å². The summed E-state index contributed by atoms with van der Waals surface area (Å²) in [6.07, 6.45) is 0.897. The molecule has 0 aromatic heterocycles. The molecule has 0 spiro atoms. The summed E-state index contributed by atoms with van der Waals surface area (Å²) < 4.78 is 0. The van der Waals surface area contributed by atoms with Gasteiger partial charge in [-0.15, -0.1) is 0 Å². The highest BCUT2D eigenvalue weighted by Gasteiger charge is 2.58. The highest BCUT2D eigenvalue weighted by atomic mass is 16.1. The minimum atomic E-state index is -0.906.